The predicted molar refractivity (Wildman–Crippen MR) is 57.8 cm³/mol. The maximum Gasteiger partial charge on any atom is 0.141 e. The van der Waals surface area contributed by atoms with Crippen molar-refractivity contribution in [3.05, 3.63) is 60.2 Å². The van der Waals surface area contributed by atoms with Gasteiger partial charge in [-0.2, -0.15) is 5.26 Å². The first kappa shape index (κ1) is 9.54. The molecule has 1 radical (unpaired) electrons. The molecule has 1 aliphatic rings. The van der Waals surface area contributed by atoms with E-state index >= 15 is 0 Å². The molecule has 0 amide bonds. The third-order valence-electron chi connectivity index (χ3n) is 2.08. The highest BCUT2D eigenvalue weighted by Gasteiger charge is 2.09. The van der Waals surface area contributed by atoms with Gasteiger partial charge in [0.05, 0.1) is 11.6 Å². The van der Waals surface area contributed by atoms with E-state index in [-0.39, 0.29) is 0 Å². The normalized spacial score (nSPS) is 14.9. The molecule has 1 aromatic rings. The largest absolute Gasteiger partial charge is 0.456 e. The van der Waals surface area contributed by atoms with Gasteiger partial charge in [0.15, 0.2) is 0 Å². The summed E-state index contributed by atoms with van der Waals surface area (Å²) in [7, 11) is 0. The topological polar surface area (TPSA) is 33.0 Å². The first-order chi connectivity index (χ1) is 7.40. The van der Waals surface area contributed by atoms with Gasteiger partial charge in [0.2, 0.25) is 0 Å². The fraction of sp³-hybridized carbons (Fsp3) is 0.0769. The molecule has 1 aliphatic carbocycles. The molecule has 0 bridgehead atoms. The second-order valence-electron chi connectivity index (χ2n) is 3.15. The Morgan fingerprint density at radius 1 is 1.20 bits per heavy atom. The molecule has 0 spiro atoms. The van der Waals surface area contributed by atoms with E-state index in [0.29, 0.717) is 11.3 Å². The number of hydrogen-bond acceptors (Lipinski definition) is 2. The molecule has 0 aromatic heterocycles. The zero-order valence-corrected chi connectivity index (χ0v) is 8.18. The van der Waals surface area contributed by atoms with Gasteiger partial charge in [-0.3, -0.25) is 0 Å². The summed E-state index contributed by atoms with van der Waals surface area (Å²) in [6, 6.07) is 11.6. The minimum Gasteiger partial charge on any atom is -0.456 e. The van der Waals surface area contributed by atoms with Gasteiger partial charge in [-0.25, -0.2) is 0 Å². The Hall–Kier alpha value is -2.01. The van der Waals surface area contributed by atoms with Gasteiger partial charge >= 0.3 is 0 Å². The Bertz CT molecular complexity index is 437. The van der Waals surface area contributed by atoms with E-state index < -0.39 is 0 Å². The fourth-order valence-corrected chi connectivity index (χ4v) is 1.36. The molecule has 0 N–H and O–H groups in total. The van der Waals surface area contributed by atoms with Crippen molar-refractivity contribution in [3.63, 3.8) is 0 Å². The van der Waals surface area contributed by atoms with Gasteiger partial charge in [-0.05, 0) is 24.6 Å². The van der Waals surface area contributed by atoms with Crippen LogP contribution in [0.2, 0.25) is 0 Å². The summed E-state index contributed by atoms with van der Waals surface area (Å²) in [4.78, 5) is 0. The lowest BCUT2D eigenvalue weighted by molar-refractivity contribution is 0.439. The van der Waals surface area contributed by atoms with Crippen molar-refractivity contribution in [2.75, 3.05) is 0 Å². The van der Waals surface area contributed by atoms with Crippen molar-refractivity contribution in [3.8, 4) is 11.8 Å². The van der Waals surface area contributed by atoms with E-state index in [4.69, 9.17) is 10.00 Å². The van der Waals surface area contributed by atoms with Crippen LogP contribution in [0.15, 0.2) is 53.8 Å². The van der Waals surface area contributed by atoms with Gasteiger partial charge in [0, 0.05) is 6.42 Å². The molecule has 0 saturated carbocycles. The van der Waals surface area contributed by atoms with E-state index in [9.17, 15) is 0 Å². The molecule has 0 aliphatic heterocycles. The molecule has 0 saturated heterocycles. The summed E-state index contributed by atoms with van der Waals surface area (Å²) >= 11 is 0. The van der Waals surface area contributed by atoms with E-state index in [2.05, 4.69) is 6.07 Å². The standard InChI is InChI=1S/C13H10NO/c14-10-11-6-4-5-9-13(11)15-12-7-2-1-3-8-12/h1-3,5-9H,4H2. The minimum absolute atomic E-state index is 0.598. The summed E-state index contributed by atoms with van der Waals surface area (Å²) in [5, 5.41) is 8.89. The number of allylic oxidation sites excluding steroid dienone is 3. The highest BCUT2D eigenvalue weighted by atomic mass is 16.5. The zero-order chi connectivity index (χ0) is 10.5. The van der Waals surface area contributed by atoms with Crippen molar-refractivity contribution in [1.29, 1.82) is 5.26 Å². The predicted octanol–water partition coefficient (Wildman–Crippen LogP) is 3.01. The molecule has 0 fully saturated rings. The summed E-state index contributed by atoms with van der Waals surface area (Å²) in [6.45, 7) is 0. The van der Waals surface area contributed by atoms with Crippen LogP contribution in [-0.2, 0) is 0 Å². The Morgan fingerprint density at radius 3 is 2.73 bits per heavy atom. The molecule has 0 heterocycles. The molecule has 0 unspecified atom stereocenters. The van der Waals surface area contributed by atoms with Crippen molar-refractivity contribution in [1.82, 2.24) is 0 Å². The van der Waals surface area contributed by atoms with Crippen LogP contribution in [0.1, 0.15) is 6.42 Å². The summed E-state index contributed by atoms with van der Waals surface area (Å²) in [6.07, 6.45) is 6.47. The third-order valence-corrected chi connectivity index (χ3v) is 2.08. The lowest BCUT2D eigenvalue weighted by Crippen LogP contribution is -2.00. The highest BCUT2D eigenvalue weighted by Crippen LogP contribution is 2.21. The molecular weight excluding hydrogens is 186 g/mol. The van der Waals surface area contributed by atoms with Gasteiger partial charge in [0.1, 0.15) is 11.5 Å². The second-order valence-corrected chi connectivity index (χ2v) is 3.15. The van der Waals surface area contributed by atoms with Crippen LogP contribution in [0.5, 0.6) is 5.75 Å². The maximum absolute atomic E-state index is 8.89. The van der Waals surface area contributed by atoms with E-state index in [1.165, 1.54) is 0 Å². The van der Waals surface area contributed by atoms with Crippen molar-refractivity contribution >= 4 is 0 Å². The lowest BCUT2D eigenvalue weighted by atomic mass is 10.1. The highest BCUT2D eigenvalue weighted by molar-refractivity contribution is 5.42. The summed E-state index contributed by atoms with van der Waals surface area (Å²) < 4.78 is 5.60. The molecule has 2 heteroatoms. The molecule has 2 rings (SSSR count). The Labute approximate surface area is 89.1 Å². The molecule has 2 nitrogen and oxygen atoms in total. The number of ether oxygens (including phenoxy) is 1. The van der Waals surface area contributed by atoms with Gasteiger partial charge in [-0.15, -0.1) is 0 Å². The smallest absolute Gasteiger partial charge is 0.141 e. The zero-order valence-electron chi connectivity index (χ0n) is 8.18. The second kappa shape index (κ2) is 4.47. The summed E-state index contributed by atoms with van der Waals surface area (Å²) in [5.41, 5.74) is 0.598. The number of benzene rings is 1. The molecule has 0 atom stereocenters. The Kier molecular flexibility index (Phi) is 2.85. The first-order valence-corrected chi connectivity index (χ1v) is 4.77. The first-order valence-electron chi connectivity index (χ1n) is 4.77. The number of nitrogens with zero attached hydrogens (tertiary/aromatic N) is 1. The van der Waals surface area contributed by atoms with Crippen LogP contribution in [0.4, 0.5) is 0 Å². The number of para-hydroxylation sites is 1. The minimum atomic E-state index is 0.598. The number of hydrogen-bond donors (Lipinski definition) is 0. The van der Waals surface area contributed by atoms with Crippen LogP contribution in [0, 0.1) is 17.8 Å². The van der Waals surface area contributed by atoms with Gasteiger partial charge < -0.3 is 4.74 Å². The third kappa shape index (κ3) is 2.26. The van der Waals surface area contributed by atoms with Crippen molar-refractivity contribution in [2.24, 2.45) is 0 Å². The summed E-state index contributed by atoms with van der Waals surface area (Å²) in [5.74, 6) is 1.37. The van der Waals surface area contributed by atoms with E-state index in [1.807, 2.05) is 48.9 Å². The van der Waals surface area contributed by atoms with Crippen molar-refractivity contribution in [2.45, 2.75) is 6.42 Å². The van der Waals surface area contributed by atoms with Crippen LogP contribution in [0.25, 0.3) is 0 Å². The van der Waals surface area contributed by atoms with Crippen LogP contribution in [0.3, 0.4) is 0 Å². The molecular formula is C13H10NO. The monoisotopic (exact) mass is 196 g/mol. The van der Waals surface area contributed by atoms with Gasteiger partial charge in [-0.1, -0.05) is 24.3 Å². The van der Waals surface area contributed by atoms with Gasteiger partial charge in [0.25, 0.3) is 0 Å². The maximum atomic E-state index is 8.89. The molecule has 1 aromatic carbocycles. The quantitative estimate of drug-likeness (QED) is 0.728. The Morgan fingerprint density at radius 2 is 2.00 bits per heavy atom. The van der Waals surface area contributed by atoms with E-state index in [0.717, 1.165) is 12.2 Å². The van der Waals surface area contributed by atoms with Crippen molar-refractivity contribution < 1.29 is 4.74 Å². The average molecular weight is 196 g/mol. The Balaban J connectivity index is 2.22. The van der Waals surface area contributed by atoms with E-state index in [1.54, 1.807) is 0 Å². The number of nitriles is 1. The molecule has 73 valence electrons. The average Bonchev–Trinajstić information content (AvgIpc) is 2.31. The lowest BCUT2D eigenvalue weighted by Gasteiger charge is -2.11. The van der Waals surface area contributed by atoms with Crippen LogP contribution >= 0.6 is 0 Å². The molecule has 15 heavy (non-hydrogen) atoms. The van der Waals surface area contributed by atoms with Crippen LogP contribution < -0.4 is 4.74 Å². The van der Waals surface area contributed by atoms with Crippen LogP contribution in [-0.4, -0.2) is 0 Å². The fourth-order valence-electron chi connectivity index (χ4n) is 1.36. The number of rotatable bonds is 2. The SMILES string of the molecule is N#CC1=C(Oc2ccccc2)C=CC[CH]1.